The molecule has 0 spiro atoms. The molecule has 4 rings (SSSR count). The molecule has 1 atom stereocenters. The monoisotopic (exact) mass is 441 g/mol. The Bertz CT molecular complexity index is 943. The molecule has 0 aliphatic carbocycles. The van der Waals surface area contributed by atoms with Crippen LogP contribution in [0.3, 0.4) is 0 Å². The molecule has 1 aromatic heterocycles. The third-order valence-corrected chi connectivity index (χ3v) is 5.74. The van der Waals surface area contributed by atoms with E-state index in [9.17, 15) is 14.0 Å². The van der Waals surface area contributed by atoms with E-state index in [1.54, 1.807) is 35.4 Å². The Balaban J connectivity index is 1.30. The third-order valence-electron chi connectivity index (χ3n) is 5.74. The van der Waals surface area contributed by atoms with Crippen molar-refractivity contribution in [1.29, 1.82) is 0 Å². The van der Waals surface area contributed by atoms with E-state index in [-0.39, 0.29) is 30.4 Å². The van der Waals surface area contributed by atoms with Crippen molar-refractivity contribution in [3.8, 4) is 0 Å². The van der Waals surface area contributed by atoms with E-state index in [2.05, 4.69) is 15.6 Å². The molecule has 8 nitrogen and oxygen atoms in total. The Morgan fingerprint density at radius 2 is 1.97 bits per heavy atom. The number of halogens is 1. The van der Waals surface area contributed by atoms with E-state index >= 15 is 0 Å². The number of benzene rings is 1. The molecule has 1 unspecified atom stereocenters. The van der Waals surface area contributed by atoms with E-state index in [0.717, 1.165) is 19.4 Å². The average molecular weight is 442 g/mol. The summed E-state index contributed by atoms with van der Waals surface area (Å²) in [7, 11) is 0. The van der Waals surface area contributed by atoms with Gasteiger partial charge in [0.2, 0.25) is 0 Å². The van der Waals surface area contributed by atoms with Crippen LogP contribution in [0, 0.1) is 5.82 Å². The lowest BCUT2D eigenvalue weighted by Gasteiger charge is -2.36. The number of piperazine rings is 1. The van der Waals surface area contributed by atoms with E-state index < -0.39 is 0 Å². The van der Waals surface area contributed by atoms with Crippen LogP contribution >= 0.6 is 0 Å². The summed E-state index contributed by atoms with van der Waals surface area (Å²) in [6.07, 6.45) is 3.74. The number of urea groups is 1. The second kappa shape index (κ2) is 10.4. The van der Waals surface area contributed by atoms with Crippen molar-refractivity contribution in [2.24, 2.45) is 0 Å². The molecule has 1 aromatic carbocycles. The highest BCUT2D eigenvalue weighted by atomic mass is 19.1. The van der Waals surface area contributed by atoms with Gasteiger partial charge in [-0.2, -0.15) is 0 Å². The minimum atomic E-state index is -0.323. The van der Waals surface area contributed by atoms with Crippen LogP contribution in [0.15, 0.2) is 42.6 Å². The zero-order chi connectivity index (χ0) is 22.3. The van der Waals surface area contributed by atoms with Crippen molar-refractivity contribution in [1.82, 2.24) is 20.5 Å². The molecule has 32 heavy (non-hydrogen) atoms. The first-order valence-corrected chi connectivity index (χ1v) is 11.0. The van der Waals surface area contributed by atoms with Crippen molar-refractivity contribution in [3.63, 3.8) is 0 Å². The van der Waals surface area contributed by atoms with Gasteiger partial charge in [-0.1, -0.05) is 12.1 Å². The van der Waals surface area contributed by atoms with Crippen molar-refractivity contribution < 1.29 is 18.7 Å². The van der Waals surface area contributed by atoms with Crippen LogP contribution in [0.1, 0.15) is 28.8 Å². The maximum Gasteiger partial charge on any atom is 0.317 e. The standard InChI is InChI=1S/C23H28FN5O3/c24-18-5-1-4-17(14-18)15-27-23(31)29-11-9-28(10-12-29)21-20(7-2-8-25-21)22(30)26-16-19-6-3-13-32-19/h1-2,4-5,7-8,14,19H,3,6,9-13,15-16H2,(H,26,30)(H,27,31). The van der Waals surface area contributed by atoms with Crippen LogP contribution in [0.2, 0.25) is 0 Å². The normalized spacial score (nSPS) is 18.5. The topological polar surface area (TPSA) is 86.8 Å². The number of anilines is 1. The summed E-state index contributed by atoms with van der Waals surface area (Å²) in [5.74, 6) is 0.132. The molecule has 2 aliphatic rings. The number of rotatable bonds is 6. The van der Waals surface area contributed by atoms with Crippen LogP contribution in [0.25, 0.3) is 0 Å². The maximum atomic E-state index is 13.3. The Hall–Kier alpha value is -3.20. The number of nitrogens with zero attached hydrogens (tertiary/aromatic N) is 3. The van der Waals surface area contributed by atoms with Gasteiger partial charge in [0.15, 0.2) is 0 Å². The summed E-state index contributed by atoms with van der Waals surface area (Å²) >= 11 is 0. The van der Waals surface area contributed by atoms with Crippen molar-refractivity contribution in [2.45, 2.75) is 25.5 Å². The first-order valence-electron chi connectivity index (χ1n) is 11.0. The lowest BCUT2D eigenvalue weighted by molar-refractivity contribution is 0.0857. The average Bonchev–Trinajstić information content (AvgIpc) is 3.35. The fourth-order valence-electron chi connectivity index (χ4n) is 3.99. The summed E-state index contributed by atoms with van der Waals surface area (Å²) in [4.78, 5) is 33.4. The second-order valence-electron chi connectivity index (χ2n) is 7.98. The zero-order valence-electron chi connectivity index (χ0n) is 17.9. The largest absolute Gasteiger partial charge is 0.376 e. The van der Waals surface area contributed by atoms with Gasteiger partial charge in [0.1, 0.15) is 11.6 Å². The molecule has 2 saturated heterocycles. The van der Waals surface area contributed by atoms with Gasteiger partial charge in [0.05, 0.1) is 11.7 Å². The van der Waals surface area contributed by atoms with Crippen LogP contribution in [-0.2, 0) is 11.3 Å². The molecule has 2 aliphatic heterocycles. The molecule has 0 saturated carbocycles. The van der Waals surface area contributed by atoms with Crippen LogP contribution in [-0.4, -0.2) is 67.3 Å². The fourth-order valence-corrected chi connectivity index (χ4v) is 3.99. The van der Waals surface area contributed by atoms with Crippen molar-refractivity contribution in [3.05, 3.63) is 59.5 Å². The predicted molar refractivity (Wildman–Crippen MR) is 118 cm³/mol. The summed E-state index contributed by atoms with van der Waals surface area (Å²) in [6.45, 7) is 3.65. The van der Waals surface area contributed by atoms with Crippen molar-refractivity contribution in [2.75, 3.05) is 44.2 Å². The van der Waals surface area contributed by atoms with Crippen LogP contribution < -0.4 is 15.5 Å². The number of carbonyl (C=O) groups excluding carboxylic acids is 2. The molecular weight excluding hydrogens is 413 g/mol. The Kier molecular flexibility index (Phi) is 7.16. The minimum absolute atomic E-state index is 0.0773. The lowest BCUT2D eigenvalue weighted by Crippen LogP contribution is -2.52. The molecule has 0 radical (unpaired) electrons. The number of nitrogens with one attached hydrogen (secondary N) is 2. The van der Waals surface area contributed by atoms with Crippen LogP contribution in [0.4, 0.5) is 15.0 Å². The van der Waals surface area contributed by atoms with Gasteiger partial charge in [-0.15, -0.1) is 0 Å². The molecule has 3 heterocycles. The van der Waals surface area contributed by atoms with E-state index in [1.165, 1.54) is 12.1 Å². The summed E-state index contributed by atoms with van der Waals surface area (Å²) in [6, 6.07) is 9.50. The Labute approximate surface area is 186 Å². The smallest absolute Gasteiger partial charge is 0.317 e. The van der Waals surface area contributed by atoms with Gasteiger partial charge in [0, 0.05) is 52.1 Å². The van der Waals surface area contributed by atoms with E-state index in [0.29, 0.717) is 49.7 Å². The SMILES string of the molecule is O=C(NCC1CCCO1)c1cccnc1N1CCN(C(=O)NCc2cccc(F)c2)CC1. The fraction of sp³-hybridized carbons (Fsp3) is 0.435. The van der Waals surface area contributed by atoms with Gasteiger partial charge in [-0.25, -0.2) is 14.2 Å². The number of ether oxygens (including phenoxy) is 1. The molecule has 9 heteroatoms. The number of carbonyl (C=O) groups is 2. The molecule has 2 fully saturated rings. The molecular formula is C23H28FN5O3. The second-order valence-corrected chi connectivity index (χ2v) is 7.98. The summed E-state index contributed by atoms with van der Waals surface area (Å²) in [5, 5.41) is 5.79. The zero-order valence-corrected chi connectivity index (χ0v) is 17.9. The number of hydrogen-bond acceptors (Lipinski definition) is 5. The highest BCUT2D eigenvalue weighted by Crippen LogP contribution is 2.19. The molecule has 3 amide bonds. The van der Waals surface area contributed by atoms with Gasteiger partial charge in [-0.05, 0) is 42.7 Å². The third kappa shape index (κ3) is 5.53. The highest BCUT2D eigenvalue weighted by molar-refractivity contribution is 5.99. The first-order chi connectivity index (χ1) is 15.6. The molecule has 170 valence electrons. The van der Waals surface area contributed by atoms with Gasteiger partial charge < -0.3 is 25.2 Å². The van der Waals surface area contributed by atoms with Crippen molar-refractivity contribution >= 4 is 17.8 Å². The van der Waals surface area contributed by atoms with Crippen LogP contribution in [0.5, 0.6) is 0 Å². The highest BCUT2D eigenvalue weighted by Gasteiger charge is 2.25. The van der Waals surface area contributed by atoms with E-state index in [1.807, 2.05) is 4.90 Å². The lowest BCUT2D eigenvalue weighted by atomic mass is 10.2. The number of hydrogen-bond donors (Lipinski definition) is 2. The van der Waals surface area contributed by atoms with Gasteiger partial charge in [-0.3, -0.25) is 4.79 Å². The summed E-state index contributed by atoms with van der Waals surface area (Å²) < 4.78 is 18.9. The number of pyridine rings is 1. The summed E-state index contributed by atoms with van der Waals surface area (Å²) in [5.41, 5.74) is 1.23. The molecule has 2 N–H and O–H groups in total. The minimum Gasteiger partial charge on any atom is -0.376 e. The van der Waals surface area contributed by atoms with Gasteiger partial charge in [0.25, 0.3) is 5.91 Å². The van der Waals surface area contributed by atoms with E-state index in [4.69, 9.17) is 4.74 Å². The Morgan fingerprint density at radius 1 is 1.12 bits per heavy atom. The quantitative estimate of drug-likeness (QED) is 0.718. The first kappa shape index (κ1) is 22.0. The molecule has 2 aromatic rings. The molecule has 0 bridgehead atoms. The number of amides is 3. The number of aromatic nitrogens is 1. The van der Waals surface area contributed by atoms with Gasteiger partial charge >= 0.3 is 6.03 Å². The Morgan fingerprint density at radius 3 is 2.72 bits per heavy atom. The predicted octanol–water partition coefficient (Wildman–Crippen LogP) is 2.16. The maximum absolute atomic E-state index is 13.3.